The number of carbonyl (C=O) groups excluding carboxylic acids is 2. The van der Waals surface area contributed by atoms with Crippen LogP contribution in [0.5, 0.6) is 0 Å². The predicted octanol–water partition coefficient (Wildman–Crippen LogP) is 2.92. The SMILES string of the molecule is NC(=O)C1[C@@H]2CN(C(=O)c3cc4ccccc4o3)CC2CN1CCCc1ccccc1. The van der Waals surface area contributed by atoms with Gasteiger partial charge in [-0.15, -0.1) is 0 Å². The Balaban J connectivity index is 1.24. The lowest BCUT2D eigenvalue weighted by molar-refractivity contribution is -0.123. The Bertz CT molecular complexity index is 1060. The molecule has 0 aliphatic carbocycles. The second-order valence-corrected chi connectivity index (χ2v) is 8.71. The van der Waals surface area contributed by atoms with Crippen molar-refractivity contribution in [3.05, 3.63) is 72.0 Å². The predicted molar refractivity (Wildman–Crippen MR) is 118 cm³/mol. The first-order valence-corrected chi connectivity index (χ1v) is 11.0. The van der Waals surface area contributed by atoms with E-state index in [4.69, 9.17) is 10.2 Å². The maximum Gasteiger partial charge on any atom is 0.289 e. The van der Waals surface area contributed by atoms with Crippen molar-refractivity contribution in [3.8, 4) is 0 Å². The number of hydrogen-bond donors (Lipinski definition) is 1. The normalized spacial score (nSPS) is 23.4. The summed E-state index contributed by atoms with van der Waals surface area (Å²) in [6.45, 7) is 2.83. The summed E-state index contributed by atoms with van der Waals surface area (Å²) in [5.74, 6) is 0.316. The highest BCUT2D eigenvalue weighted by Crippen LogP contribution is 2.37. The fourth-order valence-electron chi connectivity index (χ4n) is 5.29. The molecule has 2 amide bonds. The van der Waals surface area contributed by atoms with E-state index < -0.39 is 0 Å². The van der Waals surface area contributed by atoms with E-state index in [1.165, 1.54) is 5.56 Å². The van der Waals surface area contributed by atoms with Gasteiger partial charge in [-0.25, -0.2) is 0 Å². The molecule has 5 rings (SSSR count). The lowest BCUT2D eigenvalue weighted by atomic mass is 9.94. The summed E-state index contributed by atoms with van der Waals surface area (Å²) in [6, 6.07) is 19.5. The number of nitrogens with two attached hydrogens (primary N) is 1. The summed E-state index contributed by atoms with van der Waals surface area (Å²) in [7, 11) is 0. The number of furan rings is 1. The van der Waals surface area contributed by atoms with E-state index in [2.05, 4.69) is 29.2 Å². The van der Waals surface area contributed by atoms with Gasteiger partial charge in [0.05, 0.1) is 6.04 Å². The zero-order chi connectivity index (χ0) is 21.4. The van der Waals surface area contributed by atoms with E-state index in [0.717, 1.165) is 31.3 Å². The number of fused-ring (bicyclic) bond motifs is 2. The maximum atomic E-state index is 13.0. The molecule has 0 saturated carbocycles. The molecule has 31 heavy (non-hydrogen) atoms. The van der Waals surface area contributed by atoms with Gasteiger partial charge in [-0.3, -0.25) is 14.5 Å². The van der Waals surface area contributed by atoms with Crippen LogP contribution >= 0.6 is 0 Å². The molecular weight excluding hydrogens is 390 g/mol. The second kappa shape index (κ2) is 8.19. The Morgan fingerprint density at radius 1 is 1.00 bits per heavy atom. The molecule has 2 N–H and O–H groups in total. The molecule has 1 aromatic heterocycles. The highest BCUT2D eigenvalue weighted by atomic mass is 16.3. The van der Waals surface area contributed by atoms with Gasteiger partial charge in [-0.2, -0.15) is 0 Å². The first kappa shape index (κ1) is 19.8. The summed E-state index contributed by atoms with van der Waals surface area (Å²) in [6.07, 6.45) is 1.96. The minimum absolute atomic E-state index is 0.0857. The van der Waals surface area contributed by atoms with Gasteiger partial charge in [-0.05, 0) is 43.0 Å². The van der Waals surface area contributed by atoms with Crippen molar-refractivity contribution < 1.29 is 14.0 Å². The van der Waals surface area contributed by atoms with Crippen LogP contribution in [0.3, 0.4) is 0 Å². The second-order valence-electron chi connectivity index (χ2n) is 8.71. The molecule has 3 heterocycles. The number of amides is 2. The Morgan fingerprint density at radius 2 is 1.77 bits per heavy atom. The summed E-state index contributed by atoms with van der Waals surface area (Å²) in [5.41, 5.74) is 7.83. The van der Waals surface area contributed by atoms with Crippen LogP contribution in [-0.4, -0.2) is 53.8 Å². The Morgan fingerprint density at radius 3 is 2.55 bits per heavy atom. The van der Waals surface area contributed by atoms with Crippen LogP contribution in [0.4, 0.5) is 0 Å². The Labute approximate surface area is 181 Å². The average Bonchev–Trinajstić information content (AvgIpc) is 3.46. The lowest BCUT2D eigenvalue weighted by Crippen LogP contribution is -2.46. The first-order valence-electron chi connectivity index (χ1n) is 11.0. The van der Waals surface area contributed by atoms with Crippen LogP contribution in [0.1, 0.15) is 22.5 Å². The molecule has 0 bridgehead atoms. The molecule has 2 aliphatic rings. The molecule has 2 saturated heterocycles. The van der Waals surface area contributed by atoms with Crippen molar-refractivity contribution in [2.75, 3.05) is 26.2 Å². The van der Waals surface area contributed by atoms with Crippen LogP contribution in [0.2, 0.25) is 0 Å². The molecular formula is C25H27N3O3. The number of aryl methyl sites for hydroxylation is 1. The topological polar surface area (TPSA) is 79.8 Å². The highest BCUT2D eigenvalue weighted by Gasteiger charge is 2.50. The van der Waals surface area contributed by atoms with E-state index in [1.807, 2.05) is 35.2 Å². The maximum absolute atomic E-state index is 13.0. The molecule has 6 nitrogen and oxygen atoms in total. The zero-order valence-corrected chi connectivity index (χ0v) is 17.4. The van der Waals surface area contributed by atoms with Gasteiger partial charge >= 0.3 is 0 Å². The first-order chi connectivity index (χ1) is 15.1. The highest BCUT2D eigenvalue weighted by molar-refractivity contribution is 5.96. The Kier molecular flexibility index (Phi) is 5.24. The fourth-order valence-corrected chi connectivity index (χ4v) is 5.29. The standard InChI is InChI=1S/C25H27N3O3/c26-24(29)23-20-16-28(25(30)22-13-18-10-4-5-11-21(18)31-22)15-19(20)14-27(23)12-6-9-17-7-2-1-3-8-17/h1-5,7-8,10-11,13,19-20,23H,6,9,12,14-16H2,(H2,26,29)/t19?,20-,23?/m1/s1. The smallest absolute Gasteiger partial charge is 0.289 e. The van der Waals surface area contributed by atoms with Crippen molar-refractivity contribution in [1.82, 2.24) is 9.80 Å². The van der Waals surface area contributed by atoms with Gasteiger partial charge in [0.2, 0.25) is 5.91 Å². The molecule has 6 heteroatoms. The van der Waals surface area contributed by atoms with Crippen molar-refractivity contribution >= 4 is 22.8 Å². The number of likely N-dealkylation sites (tertiary alicyclic amines) is 2. The van der Waals surface area contributed by atoms with E-state index in [0.29, 0.717) is 24.4 Å². The lowest BCUT2D eigenvalue weighted by Gasteiger charge is -2.27. The molecule has 3 aromatic rings. The Hall–Kier alpha value is -3.12. The van der Waals surface area contributed by atoms with Crippen LogP contribution in [-0.2, 0) is 11.2 Å². The van der Waals surface area contributed by atoms with E-state index >= 15 is 0 Å². The van der Waals surface area contributed by atoms with E-state index in [-0.39, 0.29) is 29.7 Å². The summed E-state index contributed by atoms with van der Waals surface area (Å²) in [5, 5.41) is 0.921. The fraction of sp³-hybridized carbons (Fsp3) is 0.360. The summed E-state index contributed by atoms with van der Waals surface area (Å²) >= 11 is 0. The third kappa shape index (κ3) is 3.83. The molecule has 0 spiro atoms. The number of nitrogens with zero attached hydrogens (tertiary/aromatic N) is 2. The van der Waals surface area contributed by atoms with Gasteiger partial charge in [0.1, 0.15) is 5.58 Å². The van der Waals surface area contributed by atoms with E-state index in [1.54, 1.807) is 6.07 Å². The minimum atomic E-state index is -0.311. The molecule has 2 aromatic carbocycles. The van der Waals surface area contributed by atoms with Crippen LogP contribution in [0.25, 0.3) is 11.0 Å². The molecule has 160 valence electrons. The number of carbonyl (C=O) groups is 2. The van der Waals surface area contributed by atoms with Gasteiger partial charge in [-0.1, -0.05) is 48.5 Å². The molecule has 2 fully saturated rings. The van der Waals surface area contributed by atoms with Crippen molar-refractivity contribution in [1.29, 1.82) is 0 Å². The van der Waals surface area contributed by atoms with Gasteiger partial charge in [0.15, 0.2) is 5.76 Å². The summed E-state index contributed by atoms with van der Waals surface area (Å²) in [4.78, 5) is 29.4. The number of primary amides is 1. The number of hydrogen-bond acceptors (Lipinski definition) is 4. The van der Waals surface area contributed by atoms with Crippen molar-refractivity contribution in [3.63, 3.8) is 0 Å². The molecule has 0 radical (unpaired) electrons. The van der Waals surface area contributed by atoms with Crippen molar-refractivity contribution in [2.45, 2.75) is 18.9 Å². The van der Waals surface area contributed by atoms with Crippen LogP contribution < -0.4 is 5.73 Å². The molecule has 2 aliphatic heterocycles. The monoisotopic (exact) mass is 417 g/mol. The van der Waals surface area contributed by atoms with E-state index in [9.17, 15) is 9.59 Å². The van der Waals surface area contributed by atoms with Gasteiger partial charge < -0.3 is 15.1 Å². The van der Waals surface area contributed by atoms with Crippen molar-refractivity contribution in [2.24, 2.45) is 17.6 Å². The minimum Gasteiger partial charge on any atom is -0.451 e. The molecule has 2 unspecified atom stereocenters. The molecule has 3 atom stereocenters. The van der Waals surface area contributed by atoms with Gasteiger partial charge in [0, 0.05) is 30.9 Å². The van der Waals surface area contributed by atoms with Crippen LogP contribution in [0, 0.1) is 11.8 Å². The third-order valence-electron chi connectivity index (χ3n) is 6.73. The van der Waals surface area contributed by atoms with Gasteiger partial charge in [0.25, 0.3) is 5.91 Å². The number of rotatable bonds is 6. The zero-order valence-electron chi connectivity index (χ0n) is 17.4. The summed E-state index contributed by atoms with van der Waals surface area (Å²) < 4.78 is 5.76. The third-order valence-corrected chi connectivity index (χ3v) is 6.73. The largest absolute Gasteiger partial charge is 0.451 e. The van der Waals surface area contributed by atoms with Crippen LogP contribution in [0.15, 0.2) is 65.1 Å². The number of para-hydroxylation sites is 1. The number of benzene rings is 2. The average molecular weight is 418 g/mol. The quantitative estimate of drug-likeness (QED) is 0.669.